The van der Waals surface area contributed by atoms with Gasteiger partial charge in [0.1, 0.15) is 0 Å². The van der Waals surface area contributed by atoms with Gasteiger partial charge in [0.25, 0.3) is 0 Å². The number of nitrogens with zero attached hydrogens (tertiary/aromatic N) is 1. The summed E-state index contributed by atoms with van der Waals surface area (Å²) < 4.78 is 51.2. The molecule has 0 spiro atoms. The monoisotopic (exact) mass is 326 g/mol. The molecule has 0 aromatic heterocycles. The van der Waals surface area contributed by atoms with E-state index in [0.717, 1.165) is 6.26 Å². The molecule has 1 saturated carbocycles. The van der Waals surface area contributed by atoms with Crippen molar-refractivity contribution in [1.29, 1.82) is 0 Å². The molecule has 3 atom stereocenters. The van der Waals surface area contributed by atoms with Crippen molar-refractivity contribution in [1.82, 2.24) is 9.03 Å². The van der Waals surface area contributed by atoms with E-state index < -0.39 is 31.4 Å². The summed E-state index contributed by atoms with van der Waals surface area (Å²) >= 11 is 0. The average Bonchev–Trinajstić information content (AvgIpc) is 2.76. The standard InChI is InChI=1S/C11H22N2O5S2/c1-19(15,16)13-6-5-9(8-13)12-20(17,18)11-4-2-3-10(14)7-11/h9-12,14H,2-8H2,1H3. The molecular weight excluding hydrogens is 304 g/mol. The van der Waals surface area contributed by atoms with E-state index >= 15 is 0 Å². The zero-order chi connectivity index (χ0) is 15.0. The first-order chi connectivity index (χ1) is 9.18. The Kier molecular flexibility index (Phi) is 4.75. The smallest absolute Gasteiger partial charge is 0.214 e. The molecule has 0 bridgehead atoms. The van der Waals surface area contributed by atoms with E-state index in [1.54, 1.807) is 0 Å². The Morgan fingerprint density at radius 3 is 2.40 bits per heavy atom. The van der Waals surface area contributed by atoms with Gasteiger partial charge in [0, 0.05) is 19.1 Å². The molecule has 1 heterocycles. The Bertz CT molecular complexity index is 545. The summed E-state index contributed by atoms with van der Waals surface area (Å²) in [7, 11) is -6.77. The number of rotatable bonds is 4. The van der Waals surface area contributed by atoms with Gasteiger partial charge in [0.2, 0.25) is 20.0 Å². The Morgan fingerprint density at radius 1 is 1.15 bits per heavy atom. The second-order valence-electron chi connectivity index (χ2n) is 5.71. The quantitative estimate of drug-likeness (QED) is 0.707. The van der Waals surface area contributed by atoms with Gasteiger partial charge in [0.15, 0.2) is 0 Å². The van der Waals surface area contributed by atoms with Gasteiger partial charge in [-0.2, -0.15) is 0 Å². The largest absolute Gasteiger partial charge is 0.393 e. The second-order valence-corrected chi connectivity index (χ2v) is 9.69. The molecule has 0 aromatic carbocycles. The molecule has 2 fully saturated rings. The molecule has 0 amide bonds. The van der Waals surface area contributed by atoms with Crippen LogP contribution in [0.25, 0.3) is 0 Å². The van der Waals surface area contributed by atoms with E-state index in [0.29, 0.717) is 32.2 Å². The van der Waals surface area contributed by atoms with Crippen LogP contribution in [-0.4, -0.2) is 63.0 Å². The fourth-order valence-corrected chi connectivity index (χ4v) is 5.55. The van der Waals surface area contributed by atoms with Crippen LogP contribution in [0.5, 0.6) is 0 Å². The molecule has 118 valence electrons. The Hall–Kier alpha value is -0.220. The molecule has 1 aliphatic heterocycles. The minimum atomic E-state index is -3.50. The summed E-state index contributed by atoms with van der Waals surface area (Å²) in [4.78, 5) is 0. The normalized spacial score (nSPS) is 33.4. The summed E-state index contributed by atoms with van der Waals surface area (Å²) in [5.41, 5.74) is 0. The van der Waals surface area contributed by atoms with Gasteiger partial charge in [0.05, 0.1) is 17.6 Å². The molecule has 2 N–H and O–H groups in total. The second kappa shape index (κ2) is 5.88. The molecule has 9 heteroatoms. The summed E-state index contributed by atoms with van der Waals surface area (Å²) in [5.74, 6) is 0. The molecule has 1 saturated heterocycles. The summed E-state index contributed by atoms with van der Waals surface area (Å²) in [6, 6.07) is -0.367. The minimum absolute atomic E-state index is 0.188. The van der Waals surface area contributed by atoms with Crippen LogP contribution in [-0.2, 0) is 20.0 Å². The van der Waals surface area contributed by atoms with Crippen LogP contribution in [0.3, 0.4) is 0 Å². The molecule has 7 nitrogen and oxygen atoms in total. The van der Waals surface area contributed by atoms with Gasteiger partial charge in [-0.15, -0.1) is 0 Å². The lowest BCUT2D eigenvalue weighted by Crippen LogP contribution is -2.44. The van der Waals surface area contributed by atoms with Crippen molar-refractivity contribution in [2.24, 2.45) is 0 Å². The zero-order valence-electron chi connectivity index (χ0n) is 11.5. The first kappa shape index (κ1) is 16.2. The number of sulfonamides is 2. The molecule has 20 heavy (non-hydrogen) atoms. The van der Waals surface area contributed by atoms with E-state index in [2.05, 4.69) is 4.72 Å². The van der Waals surface area contributed by atoms with Crippen molar-refractivity contribution in [3.8, 4) is 0 Å². The number of hydrogen-bond acceptors (Lipinski definition) is 5. The first-order valence-corrected chi connectivity index (χ1v) is 10.2. The molecule has 0 aromatic rings. The van der Waals surface area contributed by atoms with Crippen molar-refractivity contribution >= 4 is 20.0 Å². The average molecular weight is 326 g/mol. The van der Waals surface area contributed by atoms with E-state index in [1.165, 1.54) is 4.31 Å². The third-order valence-electron chi connectivity index (χ3n) is 3.99. The summed E-state index contributed by atoms with van der Waals surface area (Å²) in [6.45, 7) is 0.534. The first-order valence-electron chi connectivity index (χ1n) is 6.83. The Morgan fingerprint density at radius 2 is 1.85 bits per heavy atom. The summed E-state index contributed by atoms with van der Waals surface area (Å²) in [6.07, 6.45) is 3.22. The third kappa shape index (κ3) is 3.91. The van der Waals surface area contributed by atoms with Gasteiger partial charge in [-0.3, -0.25) is 0 Å². The number of nitrogens with one attached hydrogen (secondary N) is 1. The molecule has 1 aliphatic carbocycles. The fourth-order valence-electron chi connectivity index (χ4n) is 2.86. The number of hydrogen-bond donors (Lipinski definition) is 2. The highest BCUT2D eigenvalue weighted by atomic mass is 32.2. The van der Waals surface area contributed by atoms with Crippen molar-refractivity contribution in [3.63, 3.8) is 0 Å². The van der Waals surface area contributed by atoms with Crippen LogP contribution in [0, 0.1) is 0 Å². The molecular formula is C11H22N2O5S2. The predicted octanol–water partition coefficient (Wildman–Crippen LogP) is -0.757. The van der Waals surface area contributed by atoms with Crippen molar-refractivity contribution in [2.75, 3.05) is 19.3 Å². The lowest BCUT2D eigenvalue weighted by atomic mass is 9.97. The molecule has 2 rings (SSSR count). The Balaban J connectivity index is 1.96. The highest BCUT2D eigenvalue weighted by molar-refractivity contribution is 7.90. The van der Waals surface area contributed by atoms with Crippen molar-refractivity contribution < 1.29 is 21.9 Å². The highest BCUT2D eigenvalue weighted by Crippen LogP contribution is 2.24. The SMILES string of the molecule is CS(=O)(=O)N1CCC(NS(=O)(=O)C2CCCC(O)C2)C1. The predicted molar refractivity (Wildman–Crippen MR) is 75.1 cm³/mol. The maximum atomic E-state index is 12.3. The minimum Gasteiger partial charge on any atom is -0.393 e. The van der Waals surface area contributed by atoms with Crippen LogP contribution in [0.15, 0.2) is 0 Å². The molecule has 2 aliphatic rings. The van der Waals surface area contributed by atoms with Gasteiger partial charge in [-0.25, -0.2) is 25.9 Å². The van der Waals surface area contributed by atoms with Crippen LogP contribution in [0.2, 0.25) is 0 Å². The van der Waals surface area contributed by atoms with Crippen molar-refractivity contribution in [2.45, 2.75) is 49.5 Å². The third-order valence-corrected chi connectivity index (χ3v) is 7.23. The van der Waals surface area contributed by atoms with Crippen LogP contribution >= 0.6 is 0 Å². The van der Waals surface area contributed by atoms with Crippen LogP contribution in [0.1, 0.15) is 32.1 Å². The Labute approximate surface area is 120 Å². The molecule has 0 radical (unpaired) electrons. The van der Waals surface area contributed by atoms with Gasteiger partial charge < -0.3 is 5.11 Å². The van der Waals surface area contributed by atoms with E-state index in [9.17, 15) is 21.9 Å². The summed E-state index contributed by atoms with van der Waals surface area (Å²) in [5, 5.41) is 9.00. The highest BCUT2D eigenvalue weighted by Gasteiger charge is 2.36. The van der Waals surface area contributed by atoms with Gasteiger partial charge >= 0.3 is 0 Å². The van der Waals surface area contributed by atoms with E-state index in [4.69, 9.17) is 0 Å². The van der Waals surface area contributed by atoms with Crippen molar-refractivity contribution in [3.05, 3.63) is 0 Å². The number of aliphatic hydroxyl groups excluding tert-OH is 1. The van der Waals surface area contributed by atoms with Crippen LogP contribution < -0.4 is 4.72 Å². The number of aliphatic hydroxyl groups is 1. The molecule has 3 unspecified atom stereocenters. The van der Waals surface area contributed by atoms with E-state index in [1.807, 2.05) is 0 Å². The van der Waals surface area contributed by atoms with E-state index in [-0.39, 0.29) is 19.0 Å². The van der Waals surface area contributed by atoms with Crippen LogP contribution in [0.4, 0.5) is 0 Å². The maximum Gasteiger partial charge on any atom is 0.214 e. The zero-order valence-corrected chi connectivity index (χ0v) is 13.2. The maximum absolute atomic E-state index is 12.3. The van der Waals surface area contributed by atoms with Gasteiger partial charge in [-0.1, -0.05) is 0 Å². The fraction of sp³-hybridized carbons (Fsp3) is 1.00. The lowest BCUT2D eigenvalue weighted by Gasteiger charge is -2.27. The topological polar surface area (TPSA) is 104 Å². The van der Waals surface area contributed by atoms with Gasteiger partial charge in [-0.05, 0) is 32.1 Å². The lowest BCUT2D eigenvalue weighted by molar-refractivity contribution is 0.131.